The number of hydrogen-bond acceptors (Lipinski definition) is 4. The van der Waals surface area contributed by atoms with Crippen LogP contribution in [0.2, 0.25) is 0 Å². The zero-order valence-corrected chi connectivity index (χ0v) is 18.5. The molecule has 5 rings (SSSR count). The van der Waals surface area contributed by atoms with Crippen LogP contribution in [-0.4, -0.2) is 36.3 Å². The van der Waals surface area contributed by atoms with Crippen LogP contribution in [0.5, 0.6) is 0 Å². The van der Waals surface area contributed by atoms with Crippen LogP contribution < -0.4 is 10.2 Å². The van der Waals surface area contributed by atoms with Crippen molar-refractivity contribution in [2.45, 2.75) is 19.3 Å². The number of carbonyl (C=O) groups excluding carboxylic acids is 2. The lowest BCUT2D eigenvalue weighted by Gasteiger charge is -2.18. The van der Waals surface area contributed by atoms with Crippen LogP contribution in [-0.2, 0) is 16.0 Å². The Balaban J connectivity index is 1.41. The first-order valence-corrected chi connectivity index (χ1v) is 11.5. The van der Waals surface area contributed by atoms with Crippen molar-refractivity contribution >= 4 is 28.8 Å². The Morgan fingerprint density at radius 1 is 0.727 bits per heavy atom. The molecule has 0 unspecified atom stereocenters. The Labute approximate surface area is 194 Å². The molecule has 3 aromatic carbocycles. The van der Waals surface area contributed by atoms with Gasteiger partial charge < -0.3 is 10.2 Å². The van der Waals surface area contributed by atoms with Gasteiger partial charge in [0.15, 0.2) is 0 Å². The second kappa shape index (κ2) is 9.33. The lowest BCUT2D eigenvalue weighted by molar-refractivity contribution is -0.136. The highest BCUT2D eigenvalue weighted by molar-refractivity contribution is 6.36. The predicted molar refractivity (Wildman–Crippen MR) is 132 cm³/mol. The van der Waals surface area contributed by atoms with E-state index < -0.39 is 0 Å². The van der Waals surface area contributed by atoms with E-state index in [-0.39, 0.29) is 11.8 Å². The van der Waals surface area contributed by atoms with Gasteiger partial charge in [-0.15, -0.1) is 0 Å². The first-order chi connectivity index (χ1) is 16.2. The zero-order chi connectivity index (χ0) is 22.6. The number of nitrogens with zero attached hydrogens (tertiary/aromatic N) is 2. The molecule has 1 saturated heterocycles. The van der Waals surface area contributed by atoms with Crippen LogP contribution in [0.3, 0.4) is 0 Å². The fourth-order valence-corrected chi connectivity index (χ4v) is 4.53. The van der Waals surface area contributed by atoms with E-state index in [1.165, 1.54) is 23.4 Å². The van der Waals surface area contributed by atoms with Gasteiger partial charge >= 0.3 is 0 Å². The van der Waals surface area contributed by atoms with E-state index in [1.807, 2.05) is 72.8 Å². The third kappa shape index (κ3) is 4.40. The predicted octanol–water partition coefficient (Wildman–Crippen LogP) is 4.72. The molecule has 0 radical (unpaired) electrons. The highest BCUT2D eigenvalue weighted by Crippen LogP contribution is 2.31. The van der Waals surface area contributed by atoms with Crippen LogP contribution in [0, 0.1) is 0 Å². The molecule has 3 aromatic rings. The molecule has 2 aliphatic heterocycles. The quantitative estimate of drug-likeness (QED) is 0.544. The number of nitrogens with one attached hydrogen (secondary N) is 1. The molecule has 0 aliphatic carbocycles. The molecule has 1 N–H and O–H groups in total. The maximum atomic E-state index is 13.4. The summed E-state index contributed by atoms with van der Waals surface area (Å²) in [7, 11) is 0. The molecule has 5 heteroatoms. The third-order valence-electron chi connectivity index (χ3n) is 6.31. The van der Waals surface area contributed by atoms with E-state index in [0.29, 0.717) is 24.2 Å². The first-order valence-electron chi connectivity index (χ1n) is 11.5. The zero-order valence-electron chi connectivity index (χ0n) is 18.5. The molecule has 5 nitrogen and oxygen atoms in total. The molecule has 33 heavy (non-hydrogen) atoms. The van der Waals surface area contributed by atoms with E-state index in [2.05, 4.69) is 22.3 Å². The van der Waals surface area contributed by atoms with Gasteiger partial charge in [-0.05, 0) is 54.7 Å². The topological polar surface area (TPSA) is 52.7 Å². The van der Waals surface area contributed by atoms with Gasteiger partial charge in [-0.25, -0.2) is 0 Å². The van der Waals surface area contributed by atoms with E-state index in [9.17, 15) is 9.59 Å². The monoisotopic (exact) mass is 437 g/mol. The van der Waals surface area contributed by atoms with Crippen LogP contribution in [0.25, 0.3) is 5.57 Å². The van der Waals surface area contributed by atoms with Gasteiger partial charge in [0.25, 0.3) is 11.8 Å². The Morgan fingerprint density at radius 2 is 1.36 bits per heavy atom. The number of carbonyl (C=O) groups is 2. The second-order valence-corrected chi connectivity index (χ2v) is 8.48. The molecule has 2 heterocycles. The van der Waals surface area contributed by atoms with Crippen molar-refractivity contribution in [1.82, 2.24) is 4.90 Å². The number of amides is 2. The number of hydrogen-bond donors (Lipinski definition) is 1. The van der Waals surface area contributed by atoms with E-state index >= 15 is 0 Å². The highest BCUT2D eigenvalue weighted by Gasteiger charge is 2.38. The van der Waals surface area contributed by atoms with Gasteiger partial charge in [-0.2, -0.15) is 0 Å². The van der Waals surface area contributed by atoms with Gasteiger partial charge in [0.1, 0.15) is 5.70 Å². The van der Waals surface area contributed by atoms with Crippen molar-refractivity contribution in [2.75, 3.05) is 29.9 Å². The average Bonchev–Trinajstić information content (AvgIpc) is 3.47. The molecule has 0 atom stereocenters. The molecule has 2 aliphatic rings. The molecule has 0 aromatic heterocycles. The smallest absolute Gasteiger partial charge is 0.278 e. The number of rotatable bonds is 7. The van der Waals surface area contributed by atoms with E-state index in [0.717, 1.165) is 29.9 Å². The molecule has 0 saturated carbocycles. The Hall–Kier alpha value is -3.86. The summed E-state index contributed by atoms with van der Waals surface area (Å²) >= 11 is 0. The summed E-state index contributed by atoms with van der Waals surface area (Å²) in [4.78, 5) is 30.5. The normalized spacial score (nSPS) is 16.1. The largest absolute Gasteiger partial charge is 0.372 e. The molecular formula is C28H27N3O2. The highest BCUT2D eigenvalue weighted by atomic mass is 16.2. The minimum absolute atomic E-state index is 0.252. The third-order valence-corrected chi connectivity index (χ3v) is 6.31. The lowest BCUT2D eigenvalue weighted by Crippen LogP contribution is -2.34. The van der Waals surface area contributed by atoms with Gasteiger partial charge in [0.2, 0.25) is 0 Å². The average molecular weight is 438 g/mol. The Kier molecular flexibility index (Phi) is 5.94. The Morgan fingerprint density at radius 3 is 2.03 bits per heavy atom. The van der Waals surface area contributed by atoms with Crippen molar-refractivity contribution in [1.29, 1.82) is 0 Å². The Bertz CT molecular complexity index is 1160. The van der Waals surface area contributed by atoms with Crippen molar-refractivity contribution in [3.8, 4) is 0 Å². The number of anilines is 2. The van der Waals surface area contributed by atoms with Gasteiger partial charge in [-0.3, -0.25) is 14.5 Å². The summed E-state index contributed by atoms with van der Waals surface area (Å²) < 4.78 is 0. The van der Waals surface area contributed by atoms with Crippen molar-refractivity contribution in [2.24, 2.45) is 0 Å². The van der Waals surface area contributed by atoms with Crippen molar-refractivity contribution < 1.29 is 9.59 Å². The summed E-state index contributed by atoms with van der Waals surface area (Å²) in [6.45, 7) is 2.51. The summed E-state index contributed by atoms with van der Waals surface area (Å²) in [5, 5.41) is 3.26. The summed E-state index contributed by atoms with van der Waals surface area (Å²) in [6, 6.07) is 27.4. The summed E-state index contributed by atoms with van der Waals surface area (Å²) in [6.07, 6.45) is 3.07. The van der Waals surface area contributed by atoms with Crippen LogP contribution in [0.4, 0.5) is 11.4 Å². The minimum Gasteiger partial charge on any atom is -0.372 e. The lowest BCUT2D eigenvalue weighted by atomic mass is 10.0. The maximum Gasteiger partial charge on any atom is 0.278 e. The van der Waals surface area contributed by atoms with Crippen LogP contribution in [0.15, 0.2) is 90.6 Å². The van der Waals surface area contributed by atoms with Crippen LogP contribution >= 0.6 is 0 Å². The summed E-state index contributed by atoms with van der Waals surface area (Å²) in [5.74, 6) is -0.531. The molecule has 0 spiro atoms. The summed E-state index contributed by atoms with van der Waals surface area (Å²) in [5.41, 5.74) is 4.60. The SMILES string of the molecule is O=C1C(Nc2ccc(N3CCCC3)cc2)=C(c2ccccc2)C(=O)N1CCc1ccccc1. The van der Waals surface area contributed by atoms with Crippen LogP contribution in [0.1, 0.15) is 24.0 Å². The number of imide groups is 1. The molecule has 1 fully saturated rings. The second-order valence-electron chi connectivity index (χ2n) is 8.48. The molecular weight excluding hydrogens is 410 g/mol. The molecule has 166 valence electrons. The van der Waals surface area contributed by atoms with Gasteiger partial charge in [0, 0.05) is 31.0 Å². The molecule has 0 bridgehead atoms. The van der Waals surface area contributed by atoms with Gasteiger partial charge in [-0.1, -0.05) is 60.7 Å². The maximum absolute atomic E-state index is 13.4. The van der Waals surface area contributed by atoms with E-state index in [1.54, 1.807) is 0 Å². The fraction of sp³-hybridized carbons (Fsp3) is 0.214. The number of benzene rings is 3. The molecule has 2 amide bonds. The standard InChI is InChI=1S/C28H27N3O2/c32-27-25(22-11-5-2-6-12-22)26(28(33)31(27)20-17-21-9-3-1-4-10-21)29-23-13-15-24(16-14-23)30-18-7-8-19-30/h1-6,9-16,29H,7-8,17-20H2. The fourth-order valence-electron chi connectivity index (χ4n) is 4.53. The minimum atomic E-state index is -0.279. The first kappa shape index (κ1) is 21.0. The van der Waals surface area contributed by atoms with Crippen molar-refractivity contribution in [3.63, 3.8) is 0 Å². The van der Waals surface area contributed by atoms with Gasteiger partial charge in [0.05, 0.1) is 5.57 Å². The van der Waals surface area contributed by atoms with Crippen molar-refractivity contribution in [3.05, 3.63) is 102 Å². The van der Waals surface area contributed by atoms with E-state index in [4.69, 9.17) is 0 Å².